The van der Waals surface area contributed by atoms with Crippen molar-refractivity contribution in [3.63, 3.8) is 0 Å². The van der Waals surface area contributed by atoms with E-state index in [4.69, 9.17) is 0 Å². The van der Waals surface area contributed by atoms with E-state index in [1.165, 1.54) is 6.07 Å². The molecule has 0 N–H and O–H groups in total. The first-order chi connectivity index (χ1) is 17.4. The normalized spacial score (nSPS) is 21.6. The largest absolute Gasteiger partial charge is 0.451 e. The lowest BCUT2D eigenvalue weighted by molar-refractivity contribution is -0.145. The topological polar surface area (TPSA) is 93.1 Å². The maximum absolute atomic E-state index is 14.4. The minimum Gasteiger partial charge on any atom is -0.298 e. The van der Waals surface area contributed by atoms with Gasteiger partial charge in [0.15, 0.2) is 5.78 Å². The van der Waals surface area contributed by atoms with E-state index >= 15 is 0 Å². The number of carbonyl (C=O) groups excluding carboxylic acids is 1. The number of aryl methyl sites for hydroxylation is 1. The summed E-state index contributed by atoms with van der Waals surface area (Å²) in [5.74, 6) is -3.04. The molecule has 1 saturated heterocycles. The highest BCUT2D eigenvalue weighted by Crippen LogP contribution is 2.51. The van der Waals surface area contributed by atoms with Crippen LogP contribution in [0.4, 0.5) is 22.0 Å². The number of pyridine rings is 1. The van der Waals surface area contributed by atoms with Crippen LogP contribution in [0.15, 0.2) is 53.8 Å². The van der Waals surface area contributed by atoms with Crippen LogP contribution in [0.25, 0.3) is 11.3 Å². The second-order valence-electron chi connectivity index (χ2n) is 9.05. The molecule has 1 saturated carbocycles. The van der Waals surface area contributed by atoms with E-state index in [2.05, 4.69) is 15.0 Å². The number of halogens is 5. The molecule has 0 amide bonds. The SMILES string of the molecule is O=C(CCc1cc(-c2cnc(C(F)(F)F)nc2)ncc1F)[C@@H]1[C@H]2CC2CN1S(=O)(=O)c1ccc(F)cc1. The van der Waals surface area contributed by atoms with Crippen molar-refractivity contribution in [1.82, 2.24) is 19.3 Å². The van der Waals surface area contributed by atoms with Gasteiger partial charge in [0.25, 0.3) is 0 Å². The lowest BCUT2D eigenvalue weighted by Crippen LogP contribution is -2.43. The smallest absolute Gasteiger partial charge is 0.298 e. The van der Waals surface area contributed by atoms with Crippen molar-refractivity contribution in [2.45, 2.75) is 36.4 Å². The number of sulfonamides is 1. The number of rotatable bonds is 7. The van der Waals surface area contributed by atoms with Crippen LogP contribution < -0.4 is 0 Å². The second-order valence-corrected chi connectivity index (χ2v) is 10.9. The van der Waals surface area contributed by atoms with Crippen molar-refractivity contribution in [3.05, 3.63) is 71.9 Å². The van der Waals surface area contributed by atoms with E-state index in [1.807, 2.05) is 0 Å². The van der Waals surface area contributed by atoms with Gasteiger partial charge in [-0.05, 0) is 60.6 Å². The molecule has 1 unspecified atom stereocenters. The van der Waals surface area contributed by atoms with Gasteiger partial charge in [0.2, 0.25) is 15.8 Å². The molecule has 3 aromatic rings. The number of hydrogen-bond acceptors (Lipinski definition) is 6. The highest BCUT2D eigenvalue weighted by molar-refractivity contribution is 7.89. The molecular weight excluding hydrogens is 519 g/mol. The third-order valence-corrected chi connectivity index (χ3v) is 8.50. The molecule has 2 aromatic heterocycles. The zero-order chi connectivity index (χ0) is 26.5. The standard InChI is InChI=1S/C24H19F5N4O3S/c25-16-2-4-17(5-3-16)37(35,36)33-12-14-7-18(14)22(33)21(34)6-1-13-8-20(30-11-19(13)26)15-9-31-23(32-10-15)24(27,28)29/h2-5,8-11,14,18,22H,1,6-7,12H2/t14?,18-,22-/m0/s1. The van der Waals surface area contributed by atoms with Gasteiger partial charge in [0, 0.05) is 30.9 Å². The molecular formula is C24H19F5N4O3S. The van der Waals surface area contributed by atoms with Crippen molar-refractivity contribution < 1.29 is 35.2 Å². The maximum atomic E-state index is 14.4. The molecule has 5 rings (SSSR count). The van der Waals surface area contributed by atoms with Gasteiger partial charge < -0.3 is 0 Å². The summed E-state index contributed by atoms with van der Waals surface area (Å²) in [5.41, 5.74) is 0.353. The van der Waals surface area contributed by atoms with Crippen LogP contribution in [-0.2, 0) is 27.4 Å². The minimum atomic E-state index is -4.71. The Hall–Kier alpha value is -3.32. The first-order valence-electron chi connectivity index (χ1n) is 11.3. The zero-order valence-corrected chi connectivity index (χ0v) is 19.8. The minimum absolute atomic E-state index is 0.0631. The lowest BCUT2D eigenvalue weighted by Gasteiger charge is -2.26. The summed E-state index contributed by atoms with van der Waals surface area (Å²) in [6.07, 6.45) is -1.48. The summed E-state index contributed by atoms with van der Waals surface area (Å²) >= 11 is 0. The Kier molecular flexibility index (Phi) is 6.31. The Morgan fingerprint density at radius 1 is 1.03 bits per heavy atom. The lowest BCUT2D eigenvalue weighted by atomic mass is 10.0. The first-order valence-corrected chi connectivity index (χ1v) is 12.7. The Bertz CT molecular complexity index is 1450. The average Bonchev–Trinajstić information content (AvgIpc) is 3.52. The van der Waals surface area contributed by atoms with Gasteiger partial charge in [-0.3, -0.25) is 9.78 Å². The third kappa shape index (κ3) is 4.97. The Balaban J connectivity index is 1.32. The molecule has 0 radical (unpaired) electrons. The van der Waals surface area contributed by atoms with Gasteiger partial charge in [-0.15, -0.1) is 0 Å². The van der Waals surface area contributed by atoms with E-state index in [9.17, 15) is 35.2 Å². The quantitative estimate of drug-likeness (QED) is 0.422. The van der Waals surface area contributed by atoms with Gasteiger partial charge in [0.1, 0.15) is 11.6 Å². The van der Waals surface area contributed by atoms with E-state index in [1.54, 1.807) is 0 Å². The van der Waals surface area contributed by atoms with Crippen LogP contribution in [0.1, 0.15) is 24.2 Å². The Morgan fingerprint density at radius 3 is 2.35 bits per heavy atom. The highest BCUT2D eigenvalue weighted by Gasteiger charge is 2.58. The average molecular weight is 538 g/mol. The monoisotopic (exact) mass is 538 g/mol. The Labute approximate surface area is 208 Å². The van der Waals surface area contributed by atoms with Crippen LogP contribution in [0.5, 0.6) is 0 Å². The number of hydrogen-bond donors (Lipinski definition) is 0. The molecule has 3 atom stereocenters. The summed E-state index contributed by atoms with van der Waals surface area (Å²) in [4.78, 5) is 23.5. The van der Waals surface area contributed by atoms with Crippen molar-refractivity contribution >= 4 is 15.8 Å². The van der Waals surface area contributed by atoms with E-state index in [-0.39, 0.29) is 58.7 Å². The molecule has 194 valence electrons. The van der Waals surface area contributed by atoms with Crippen molar-refractivity contribution in [2.24, 2.45) is 11.8 Å². The number of benzene rings is 1. The zero-order valence-electron chi connectivity index (χ0n) is 19.0. The number of aromatic nitrogens is 3. The highest BCUT2D eigenvalue weighted by atomic mass is 32.2. The van der Waals surface area contributed by atoms with Crippen LogP contribution in [0, 0.1) is 23.5 Å². The van der Waals surface area contributed by atoms with Crippen LogP contribution in [-0.4, -0.2) is 46.0 Å². The fourth-order valence-corrected chi connectivity index (χ4v) is 6.37. The van der Waals surface area contributed by atoms with Crippen LogP contribution in [0.2, 0.25) is 0 Å². The fraction of sp³-hybridized carbons (Fsp3) is 0.333. The number of alkyl halides is 3. The van der Waals surface area contributed by atoms with E-state index in [0.717, 1.165) is 47.2 Å². The fourth-order valence-electron chi connectivity index (χ4n) is 4.66. The molecule has 13 heteroatoms. The summed E-state index contributed by atoms with van der Waals surface area (Å²) in [5, 5.41) is 0. The maximum Gasteiger partial charge on any atom is 0.451 e. The number of piperidine rings is 1. The van der Waals surface area contributed by atoms with Gasteiger partial charge in [-0.25, -0.2) is 27.2 Å². The van der Waals surface area contributed by atoms with Gasteiger partial charge >= 0.3 is 6.18 Å². The van der Waals surface area contributed by atoms with Gasteiger partial charge in [-0.1, -0.05) is 0 Å². The van der Waals surface area contributed by atoms with Crippen molar-refractivity contribution in [2.75, 3.05) is 6.54 Å². The molecule has 1 aliphatic carbocycles. The first kappa shape index (κ1) is 25.3. The molecule has 0 bridgehead atoms. The summed E-state index contributed by atoms with van der Waals surface area (Å²) in [7, 11) is -4.03. The van der Waals surface area contributed by atoms with Crippen LogP contribution >= 0.6 is 0 Å². The summed E-state index contributed by atoms with van der Waals surface area (Å²) in [6, 6.07) is 4.77. The number of Topliss-reactive ketones (excluding diaryl/α,β-unsaturated/α-hetero) is 1. The summed E-state index contributed by atoms with van der Waals surface area (Å²) < 4.78 is 93.3. The number of fused-ring (bicyclic) bond motifs is 1. The molecule has 0 spiro atoms. The molecule has 7 nitrogen and oxygen atoms in total. The molecule has 1 aromatic carbocycles. The Morgan fingerprint density at radius 2 is 1.70 bits per heavy atom. The number of ketones is 1. The third-order valence-electron chi connectivity index (χ3n) is 6.63. The molecule has 2 aliphatic rings. The van der Waals surface area contributed by atoms with E-state index < -0.39 is 39.7 Å². The van der Waals surface area contributed by atoms with Gasteiger partial charge in [-0.2, -0.15) is 17.5 Å². The molecule has 1 aliphatic heterocycles. The van der Waals surface area contributed by atoms with Crippen molar-refractivity contribution in [3.8, 4) is 11.3 Å². The summed E-state index contributed by atoms with van der Waals surface area (Å²) in [6.45, 7) is 0.183. The molecule has 37 heavy (non-hydrogen) atoms. The molecule has 3 heterocycles. The molecule has 2 fully saturated rings. The van der Waals surface area contributed by atoms with E-state index in [0.29, 0.717) is 6.42 Å². The predicted octanol–water partition coefficient (Wildman–Crippen LogP) is 4.05. The van der Waals surface area contributed by atoms with Crippen molar-refractivity contribution in [1.29, 1.82) is 0 Å². The number of nitrogens with zero attached hydrogens (tertiary/aromatic N) is 4. The number of carbonyl (C=O) groups is 1. The van der Waals surface area contributed by atoms with Gasteiger partial charge in [0.05, 0.1) is 22.8 Å². The van der Waals surface area contributed by atoms with Crippen LogP contribution in [0.3, 0.4) is 0 Å². The second kappa shape index (κ2) is 9.21. The predicted molar refractivity (Wildman–Crippen MR) is 119 cm³/mol.